The van der Waals surface area contributed by atoms with Crippen LogP contribution in [0.5, 0.6) is 11.5 Å². The summed E-state index contributed by atoms with van der Waals surface area (Å²) in [5.74, 6) is 1.03. The van der Waals surface area contributed by atoms with Gasteiger partial charge in [0.1, 0.15) is 13.2 Å². The molecule has 1 aromatic heterocycles. The molecule has 1 aliphatic heterocycles. The number of nitrogens with one attached hydrogen (secondary N) is 1. The van der Waals surface area contributed by atoms with Gasteiger partial charge in [-0.3, -0.25) is 0 Å². The van der Waals surface area contributed by atoms with Gasteiger partial charge in [-0.05, 0) is 44.0 Å². The first-order chi connectivity index (χ1) is 13.4. The Balaban J connectivity index is 1.55. The van der Waals surface area contributed by atoms with Gasteiger partial charge in [0.2, 0.25) is 10.0 Å². The molecule has 2 N–H and O–H groups in total. The van der Waals surface area contributed by atoms with Crippen molar-refractivity contribution in [3.63, 3.8) is 0 Å². The first kappa shape index (κ1) is 19.7. The lowest BCUT2D eigenvalue weighted by Gasteiger charge is -2.28. The van der Waals surface area contributed by atoms with E-state index in [9.17, 15) is 13.5 Å². The molecule has 0 spiro atoms. The molecule has 2 heterocycles. The molecule has 2 aliphatic rings. The quantitative estimate of drug-likeness (QED) is 0.744. The zero-order chi connectivity index (χ0) is 19.8. The first-order valence-electron chi connectivity index (χ1n) is 9.57. The Morgan fingerprint density at radius 2 is 1.86 bits per heavy atom. The molecule has 1 fully saturated rings. The number of hydrogen-bond donors (Lipinski definition) is 2. The number of aliphatic hydroxyl groups excluding tert-OH is 1. The van der Waals surface area contributed by atoms with Gasteiger partial charge in [0, 0.05) is 27.8 Å². The molecular formula is C20H25NO5S2. The van der Waals surface area contributed by atoms with Gasteiger partial charge in [-0.25, -0.2) is 13.1 Å². The van der Waals surface area contributed by atoms with Crippen molar-refractivity contribution in [2.45, 2.75) is 49.0 Å². The minimum atomic E-state index is -3.67. The van der Waals surface area contributed by atoms with Crippen LogP contribution in [0.2, 0.25) is 0 Å². The summed E-state index contributed by atoms with van der Waals surface area (Å²) >= 11 is 1.58. The Morgan fingerprint density at radius 3 is 2.54 bits per heavy atom. The maximum atomic E-state index is 12.9. The van der Waals surface area contributed by atoms with Crippen LogP contribution in [-0.2, 0) is 15.4 Å². The summed E-state index contributed by atoms with van der Waals surface area (Å²) in [6.07, 6.45) is 3.53. The topological polar surface area (TPSA) is 84.9 Å². The zero-order valence-corrected chi connectivity index (χ0v) is 17.4. The third-order valence-corrected chi connectivity index (χ3v) is 8.45. The Hall–Kier alpha value is -1.61. The molecule has 1 aromatic carbocycles. The van der Waals surface area contributed by atoms with E-state index < -0.39 is 16.1 Å². The Labute approximate surface area is 169 Å². The average Bonchev–Trinajstić information content (AvgIpc) is 3.36. The molecule has 2 aromatic rings. The van der Waals surface area contributed by atoms with Crippen molar-refractivity contribution in [1.82, 2.24) is 4.72 Å². The number of ether oxygens (including phenoxy) is 2. The van der Waals surface area contributed by atoms with Gasteiger partial charge < -0.3 is 14.6 Å². The monoisotopic (exact) mass is 423 g/mol. The first-order valence-corrected chi connectivity index (χ1v) is 11.9. The van der Waals surface area contributed by atoms with Crippen LogP contribution in [0.25, 0.3) is 0 Å². The molecule has 28 heavy (non-hydrogen) atoms. The van der Waals surface area contributed by atoms with Crippen molar-refractivity contribution in [2.24, 2.45) is 0 Å². The van der Waals surface area contributed by atoms with Gasteiger partial charge >= 0.3 is 0 Å². The molecule has 0 bridgehead atoms. The standard InChI is InChI=1S/C20H25NO5S2/c1-14(22)18-6-7-19(27-18)20(8-2-3-9-20)13-21-28(23,24)15-4-5-16-17(12-15)26-11-10-25-16/h4-7,12,14,21-22H,2-3,8-11,13H2,1H3. The number of aliphatic hydroxyl groups is 1. The molecule has 8 heteroatoms. The smallest absolute Gasteiger partial charge is 0.240 e. The molecule has 1 aliphatic carbocycles. The lowest BCUT2D eigenvalue weighted by molar-refractivity contribution is 0.171. The highest BCUT2D eigenvalue weighted by Crippen LogP contribution is 2.44. The van der Waals surface area contributed by atoms with Gasteiger partial charge in [0.05, 0.1) is 11.0 Å². The molecule has 1 atom stereocenters. The average molecular weight is 424 g/mol. The largest absolute Gasteiger partial charge is 0.486 e. The molecule has 4 rings (SSSR count). The van der Waals surface area contributed by atoms with E-state index in [1.807, 2.05) is 12.1 Å². The van der Waals surface area contributed by atoms with E-state index in [1.54, 1.807) is 30.4 Å². The van der Waals surface area contributed by atoms with Crippen molar-refractivity contribution >= 4 is 21.4 Å². The molecular weight excluding hydrogens is 398 g/mol. The van der Waals surface area contributed by atoms with Gasteiger partial charge in [0.15, 0.2) is 11.5 Å². The fourth-order valence-corrected chi connectivity index (χ4v) is 6.26. The molecule has 0 saturated heterocycles. The van der Waals surface area contributed by atoms with Gasteiger partial charge in [0.25, 0.3) is 0 Å². The predicted molar refractivity (Wildman–Crippen MR) is 108 cm³/mol. The van der Waals surface area contributed by atoms with Crippen LogP contribution in [0.1, 0.15) is 48.5 Å². The number of fused-ring (bicyclic) bond motifs is 1. The molecule has 152 valence electrons. The molecule has 0 amide bonds. The van der Waals surface area contributed by atoms with Crippen LogP contribution in [0.15, 0.2) is 35.2 Å². The second-order valence-corrected chi connectivity index (χ2v) is 10.4. The second kappa shape index (κ2) is 7.67. The van der Waals surface area contributed by atoms with E-state index >= 15 is 0 Å². The molecule has 0 radical (unpaired) electrons. The number of benzene rings is 1. The normalized spacial score (nSPS) is 19.5. The number of rotatable bonds is 6. The lowest BCUT2D eigenvalue weighted by atomic mass is 9.85. The van der Waals surface area contributed by atoms with E-state index in [1.165, 1.54) is 6.07 Å². The zero-order valence-electron chi connectivity index (χ0n) is 15.8. The van der Waals surface area contributed by atoms with Crippen LogP contribution in [0, 0.1) is 0 Å². The van der Waals surface area contributed by atoms with Crippen LogP contribution in [0.4, 0.5) is 0 Å². The summed E-state index contributed by atoms with van der Waals surface area (Å²) in [4.78, 5) is 2.24. The Kier molecular flexibility index (Phi) is 5.39. The molecule has 6 nitrogen and oxygen atoms in total. The fraction of sp³-hybridized carbons (Fsp3) is 0.500. The predicted octanol–water partition coefficient (Wildman–Crippen LogP) is 3.36. The highest BCUT2D eigenvalue weighted by Gasteiger charge is 2.38. The molecule has 1 unspecified atom stereocenters. The van der Waals surface area contributed by atoms with Gasteiger partial charge in [-0.1, -0.05) is 12.8 Å². The maximum Gasteiger partial charge on any atom is 0.240 e. The summed E-state index contributed by atoms with van der Waals surface area (Å²) in [6, 6.07) is 8.70. The van der Waals surface area contributed by atoms with Crippen molar-refractivity contribution in [2.75, 3.05) is 19.8 Å². The Bertz CT molecular complexity index is 945. The lowest BCUT2D eigenvalue weighted by Crippen LogP contribution is -2.38. The minimum absolute atomic E-state index is 0.181. The van der Waals surface area contributed by atoms with Gasteiger partial charge in [-0.15, -0.1) is 11.3 Å². The van der Waals surface area contributed by atoms with E-state index in [0.29, 0.717) is 31.3 Å². The molecule has 1 saturated carbocycles. The van der Waals surface area contributed by atoms with Crippen molar-refractivity contribution < 1.29 is 23.0 Å². The van der Waals surface area contributed by atoms with Crippen molar-refractivity contribution in [3.8, 4) is 11.5 Å². The summed E-state index contributed by atoms with van der Waals surface area (Å²) in [5.41, 5.74) is -0.210. The SMILES string of the molecule is CC(O)c1ccc(C2(CNS(=O)(=O)c3ccc4c(c3)OCCO4)CCCC2)s1. The van der Waals surface area contributed by atoms with E-state index in [0.717, 1.165) is 35.4 Å². The number of sulfonamides is 1. The van der Waals surface area contributed by atoms with E-state index in [4.69, 9.17) is 9.47 Å². The highest BCUT2D eigenvalue weighted by atomic mass is 32.2. The Morgan fingerprint density at radius 1 is 1.14 bits per heavy atom. The van der Waals surface area contributed by atoms with Crippen LogP contribution in [-0.4, -0.2) is 33.3 Å². The highest BCUT2D eigenvalue weighted by molar-refractivity contribution is 7.89. The summed E-state index contributed by atoms with van der Waals surface area (Å²) in [5, 5.41) is 9.85. The van der Waals surface area contributed by atoms with Crippen molar-refractivity contribution in [1.29, 1.82) is 0 Å². The van der Waals surface area contributed by atoms with E-state index in [2.05, 4.69) is 4.72 Å². The third kappa shape index (κ3) is 3.78. The second-order valence-electron chi connectivity index (χ2n) is 7.50. The summed E-state index contributed by atoms with van der Waals surface area (Å²) < 4.78 is 39.6. The fourth-order valence-electron chi connectivity index (χ4n) is 3.93. The number of thiophene rings is 1. The summed E-state index contributed by atoms with van der Waals surface area (Å²) in [7, 11) is -3.67. The van der Waals surface area contributed by atoms with Gasteiger partial charge in [-0.2, -0.15) is 0 Å². The number of hydrogen-bond acceptors (Lipinski definition) is 6. The van der Waals surface area contributed by atoms with Crippen LogP contribution >= 0.6 is 11.3 Å². The van der Waals surface area contributed by atoms with Crippen molar-refractivity contribution in [3.05, 3.63) is 40.1 Å². The van der Waals surface area contributed by atoms with Crippen LogP contribution in [0.3, 0.4) is 0 Å². The van der Waals surface area contributed by atoms with E-state index in [-0.39, 0.29) is 10.3 Å². The minimum Gasteiger partial charge on any atom is -0.486 e. The maximum absolute atomic E-state index is 12.9. The van der Waals surface area contributed by atoms with Crippen LogP contribution < -0.4 is 14.2 Å². The summed E-state index contributed by atoms with van der Waals surface area (Å²) in [6.45, 7) is 2.98. The third-order valence-electron chi connectivity index (χ3n) is 5.55.